The van der Waals surface area contributed by atoms with Gasteiger partial charge in [0, 0.05) is 19.6 Å². The molecule has 4 heteroatoms. The molecule has 0 aromatic carbocycles. The van der Waals surface area contributed by atoms with E-state index in [1.54, 1.807) is 4.90 Å². The minimum Gasteiger partial charge on any atom is -0.444 e. The highest BCUT2D eigenvalue weighted by Crippen LogP contribution is 2.14. The van der Waals surface area contributed by atoms with Gasteiger partial charge >= 0.3 is 6.09 Å². The lowest BCUT2D eigenvalue weighted by atomic mass is 10.2. The fraction of sp³-hybridized carbons (Fsp3) is 0.750. The van der Waals surface area contributed by atoms with E-state index in [1.807, 2.05) is 20.8 Å². The second kappa shape index (κ2) is 5.34. The molecular weight excluding hydrogens is 204 g/mol. The van der Waals surface area contributed by atoms with Crippen molar-refractivity contribution in [3.05, 3.63) is 11.6 Å². The summed E-state index contributed by atoms with van der Waals surface area (Å²) in [5.74, 6) is 0. The lowest BCUT2D eigenvalue weighted by Gasteiger charge is -2.24. The van der Waals surface area contributed by atoms with Crippen molar-refractivity contribution in [2.24, 2.45) is 0 Å². The van der Waals surface area contributed by atoms with Crippen molar-refractivity contribution < 1.29 is 9.53 Å². The molecule has 0 saturated carbocycles. The van der Waals surface area contributed by atoms with Crippen LogP contribution >= 0.6 is 0 Å². The molecule has 1 N–H and O–H groups in total. The highest BCUT2D eigenvalue weighted by molar-refractivity contribution is 5.69. The van der Waals surface area contributed by atoms with Crippen LogP contribution in [-0.2, 0) is 4.74 Å². The first-order chi connectivity index (χ1) is 7.42. The molecule has 0 saturated heterocycles. The predicted molar refractivity (Wildman–Crippen MR) is 64.4 cm³/mol. The zero-order chi connectivity index (χ0) is 12.2. The fourth-order valence-corrected chi connectivity index (χ4v) is 1.49. The number of carbonyl (C=O) groups excluding carboxylic acids is 1. The topological polar surface area (TPSA) is 41.6 Å². The Labute approximate surface area is 97.6 Å². The maximum atomic E-state index is 11.7. The zero-order valence-electron chi connectivity index (χ0n) is 10.7. The molecule has 92 valence electrons. The number of rotatable bonds is 3. The van der Waals surface area contributed by atoms with Crippen LogP contribution in [0.15, 0.2) is 11.6 Å². The van der Waals surface area contributed by atoms with E-state index < -0.39 is 5.60 Å². The second-order valence-corrected chi connectivity index (χ2v) is 5.00. The second-order valence-electron chi connectivity index (χ2n) is 5.00. The molecule has 1 amide bonds. The Morgan fingerprint density at radius 3 is 2.81 bits per heavy atom. The van der Waals surface area contributed by atoms with Crippen LogP contribution in [0.1, 0.15) is 27.7 Å². The molecule has 0 radical (unpaired) electrons. The number of likely N-dealkylation sites (N-methyl/N-ethyl adjacent to an activating group) is 1. The maximum absolute atomic E-state index is 11.7. The molecule has 0 aromatic rings. The summed E-state index contributed by atoms with van der Waals surface area (Å²) < 4.78 is 5.31. The van der Waals surface area contributed by atoms with E-state index in [9.17, 15) is 4.79 Å². The molecule has 1 heterocycles. The number of hydrogen-bond donors (Lipinski definition) is 1. The number of ether oxygens (including phenoxy) is 1. The first kappa shape index (κ1) is 13.0. The normalized spacial score (nSPS) is 16.2. The monoisotopic (exact) mass is 226 g/mol. The van der Waals surface area contributed by atoms with Crippen molar-refractivity contribution in [2.45, 2.75) is 33.3 Å². The summed E-state index contributed by atoms with van der Waals surface area (Å²) >= 11 is 0. The van der Waals surface area contributed by atoms with Gasteiger partial charge in [-0.15, -0.1) is 0 Å². The van der Waals surface area contributed by atoms with Crippen LogP contribution in [0.4, 0.5) is 4.79 Å². The fourth-order valence-electron chi connectivity index (χ4n) is 1.49. The third kappa shape index (κ3) is 4.23. The lowest BCUT2D eigenvalue weighted by molar-refractivity contribution is 0.0301. The van der Waals surface area contributed by atoms with Gasteiger partial charge in [0.25, 0.3) is 0 Å². The van der Waals surface area contributed by atoms with Gasteiger partial charge in [-0.1, -0.05) is 13.0 Å². The van der Waals surface area contributed by atoms with Gasteiger partial charge in [0.2, 0.25) is 0 Å². The number of carbonyl (C=O) groups is 1. The van der Waals surface area contributed by atoms with Gasteiger partial charge in [0.05, 0.1) is 0 Å². The number of nitrogens with one attached hydrogen (secondary N) is 1. The third-order valence-corrected chi connectivity index (χ3v) is 2.25. The summed E-state index contributed by atoms with van der Waals surface area (Å²) in [5, 5.41) is 3.25. The molecular formula is C12H22N2O2. The average Bonchev–Trinajstić information content (AvgIpc) is 2.60. The average molecular weight is 226 g/mol. The molecule has 1 aliphatic rings. The largest absolute Gasteiger partial charge is 0.444 e. The van der Waals surface area contributed by atoms with Crippen molar-refractivity contribution in [2.75, 3.05) is 26.2 Å². The summed E-state index contributed by atoms with van der Waals surface area (Å²) in [7, 11) is 0. The van der Waals surface area contributed by atoms with Gasteiger partial charge in [-0.25, -0.2) is 4.79 Å². The maximum Gasteiger partial charge on any atom is 0.410 e. The van der Waals surface area contributed by atoms with Crippen LogP contribution in [-0.4, -0.2) is 42.8 Å². The lowest BCUT2D eigenvalue weighted by Crippen LogP contribution is -2.36. The number of nitrogens with zero attached hydrogens (tertiary/aromatic N) is 1. The van der Waals surface area contributed by atoms with Gasteiger partial charge in [0.15, 0.2) is 0 Å². The SMILES string of the molecule is CCNCC1=CCN(C(=O)OC(C)(C)C)C1. The Morgan fingerprint density at radius 1 is 1.56 bits per heavy atom. The van der Waals surface area contributed by atoms with Gasteiger partial charge < -0.3 is 15.0 Å². The predicted octanol–water partition coefficient (Wildman–Crippen LogP) is 1.77. The van der Waals surface area contributed by atoms with E-state index in [-0.39, 0.29) is 6.09 Å². The molecule has 1 rings (SSSR count). The van der Waals surface area contributed by atoms with Crippen molar-refractivity contribution in [1.82, 2.24) is 10.2 Å². The summed E-state index contributed by atoms with van der Waals surface area (Å²) in [4.78, 5) is 13.5. The molecule has 0 unspecified atom stereocenters. The van der Waals surface area contributed by atoms with Crippen LogP contribution in [0.3, 0.4) is 0 Å². The van der Waals surface area contributed by atoms with Gasteiger partial charge in [0.1, 0.15) is 5.60 Å². The molecule has 0 atom stereocenters. The molecule has 0 fully saturated rings. The zero-order valence-corrected chi connectivity index (χ0v) is 10.7. The molecule has 16 heavy (non-hydrogen) atoms. The first-order valence-electron chi connectivity index (χ1n) is 5.79. The van der Waals surface area contributed by atoms with Crippen molar-refractivity contribution in [1.29, 1.82) is 0 Å². The number of hydrogen-bond acceptors (Lipinski definition) is 3. The number of amides is 1. The standard InChI is InChI=1S/C12H22N2O2/c1-5-13-8-10-6-7-14(9-10)11(15)16-12(2,3)4/h6,13H,5,7-9H2,1-4H3. The molecule has 4 nitrogen and oxygen atoms in total. The first-order valence-corrected chi connectivity index (χ1v) is 5.79. The third-order valence-electron chi connectivity index (χ3n) is 2.25. The van der Waals surface area contributed by atoms with Crippen LogP contribution in [0.25, 0.3) is 0 Å². The smallest absolute Gasteiger partial charge is 0.410 e. The summed E-state index contributed by atoms with van der Waals surface area (Å²) in [6.07, 6.45) is 1.86. The van der Waals surface area contributed by atoms with E-state index in [4.69, 9.17) is 4.74 Å². The van der Waals surface area contributed by atoms with Crippen LogP contribution < -0.4 is 5.32 Å². The Balaban J connectivity index is 2.35. The highest BCUT2D eigenvalue weighted by atomic mass is 16.6. The van der Waals surface area contributed by atoms with Gasteiger partial charge in [-0.3, -0.25) is 0 Å². The molecule has 1 aliphatic heterocycles. The summed E-state index contributed by atoms with van der Waals surface area (Å²) in [6, 6.07) is 0. The van der Waals surface area contributed by atoms with Crippen LogP contribution in [0, 0.1) is 0 Å². The van der Waals surface area contributed by atoms with Crippen LogP contribution in [0.5, 0.6) is 0 Å². The molecule has 0 spiro atoms. The summed E-state index contributed by atoms with van der Waals surface area (Å²) in [6.45, 7) is 10.9. The molecule has 0 aromatic heterocycles. The van der Waals surface area contributed by atoms with E-state index in [1.165, 1.54) is 5.57 Å². The Hall–Kier alpha value is -1.03. The minimum absolute atomic E-state index is 0.227. The van der Waals surface area contributed by atoms with E-state index in [0.717, 1.165) is 13.1 Å². The molecule has 0 bridgehead atoms. The van der Waals surface area contributed by atoms with Crippen molar-refractivity contribution in [3.63, 3.8) is 0 Å². The van der Waals surface area contributed by atoms with E-state index >= 15 is 0 Å². The Bertz CT molecular complexity index is 279. The van der Waals surface area contributed by atoms with Crippen molar-refractivity contribution in [3.8, 4) is 0 Å². The van der Waals surface area contributed by atoms with Gasteiger partial charge in [-0.05, 0) is 32.9 Å². The Morgan fingerprint density at radius 2 is 2.25 bits per heavy atom. The van der Waals surface area contributed by atoms with E-state index in [2.05, 4.69) is 18.3 Å². The Kier molecular flexibility index (Phi) is 4.35. The van der Waals surface area contributed by atoms with Gasteiger partial charge in [-0.2, -0.15) is 0 Å². The quantitative estimate of drug-likeness (QED) is 0.746. The van der Waals surface area contributed by atoms with E-state index in [0.29, 0.717) is 13.1 Å². The molecule has 0 aliphatic carbocycles. The van der Waals surface area contributed by atoms with Crippen molar-refractivity contribution >= 4 is 6.09 Å². The van der Waals surface area contributed by atoms with Crippen LogP contribution in [0.2, 0.25) is 0 Å². The highest BCUT2D eigenvalue weighted by Gasteiger charge is 2.24. The minimum atomic E-state index is -0.415. The summed E-state index contributed by atoms with van der Waals surface area (Å²) in [5.41, 5.74) is 0.842.